The van der Waals surface area contributed by atoms with Gasteiger partial charge in [-0.05, 0) is 67.1 Å². The van der Waals surface area contributed by atoms with Crippen LogP contribution in [0.3, 0.4) is 0 Å². The largest absolute Gasteiger partial charge is 0.328 e. The Morgan fingerprint density at radius 3 is 2.63 bits per heavy atom. The Hall–Kier alpha value is -2.67. The number of benzene rings is 2. The highest BCUT2D eigenvalue weighted by atomic mass is 32.2. The first-order chi connectivity index (χ1) is 13.0. The van der Waals surface area contributed by atoms with E-state index in [1.165, 1.54) is 23.3 Å². The summed E-state index contributed by atoms with van der Waals surface area (Å²) in [5, 5.41) is 2.80. The smallest absolute Gasteiger partial charge is 0.322 e. The fraction of sp³-hybridized carbons (Fsp3) is 0.300. The van der Waals surface area contributed by atoms with E-state index in [9.17, 15) is 13.2 Å². The van der Waals surface area contributed by atoms with E-state index < -0.39 is 10.0 Å². The molecule has 0 unspecified atom stereocenters. The summed E-state index contributed by atoms with van der Waals surface area (Å²) in [5.74, 6) is 0.377. The average Bonchev–Trinajstić information content (AvgIpc) is 3.32. The van der Waals surface area contributed by atoms with Gasteiger partial charge in [0, 0.05) is 11.3 Å². The molecule has 0 fully saturated rings. The molecular weight excluding hydrogens is 362 g/mol. The second kappa shape index (κ2) is 7.15. The van der Waals surface area contributed by atoms with Gasteiger partial charge in [-0.1, -0.05) is 12.1 Å². The molecule has 27 heavy (non-hydrogen) atoms. The summed E-state index contributed by atoms with van der Waals surface area (Å²) in [4.78, 5) is 15.7. The number of aryl methyl sites for hydroxylation is 2. The predicted octanol–water partition coefficient (Wildman–Crippen LogP) is 0.979. The molecule has 2 aromatic rings. The molecule has 0 atom stereocenters. The number of amidine groups is 1. The zero-order valence-corrected chi connectivity index (χ0v) is 15.7. The van der Waals surface area contributed by atoms with Crippen LogP contribution in [0, 0.1) is 0 Å². The molecule has 0 saturated heterocycles. The highest BCUT2D eigenvalue weighted by Gasteiger charge is 2.24. The van der Waals surface area contributed by atoms with Crippen molar-refractivity contribution in [2.24, 2.45) is 0 Å². The molecule has 1 heterocycles. The molecule has 1 amide bonds. The number of hydrogen-bond donors (Lipinski definition) is 3. The molecule has 2 aromatic carbocycles. The van der Waals surface area contributed by atoms with Gasteiger partial charge >= 0.3 is 10.0 Å². The third kappa shape index (κ3) is 3.88. The van der Waals surface area contributed by atoms with E-state index in [0.717, 1.165) is 32.2 Å². The number of carbonyl (C=O) groups excluding carboxylic acids is 1. The highest BCUT2D eigenvalue weighted by Crippen LogP contribution is 2.23. The van der Waals surface area contributed by atoms with Crippen molar-refractivity contribution in [1.29, 1.82) is 0 Å². The molecule has 0 aromatic heterocycles. The van der Waals surface area contributed by atoms with Crippen molar-refractivity contribution in [3.8, 4) is 0 Å². The van der Waals surface area contributed by atoms with Crippen LogP contribution in [0.2, 0.25) is 0 Å². The van der Waals surface area contributed by atoms with Crippen molar-refractivity contribution >= 4 is 27.5 Å². The van der Waals surface area contributed by atoms with Crippen molar-refractivity contribution < 1.29 is 18.2 Å². The minimum atomic E-state index is -3.68. The van der Waals surface area contributed by atoms with E-state index in [4.69, 9.17) is 0 Å². The Kier molecular flexibility index (Phi) is 4.70. The Balaban J connectivity index is 1.51. The monoisotopic (exact) mass is 384 g/mol. The number of fused-ring (bicyclic) bond motifs is 1. The third-order valence-corrected chi connectivity index (χ3v) is 6.35. The molecule has 140 valence electrons. The SMILES string of the molecule is O=C(Nc1cccc(S(=O)(=O)NC2=[NH+]CCC2)c1)c1ccc2c(c1)CCC2. The number of anilines is 1. The van der Waals surface area contributed by atoms with E-state index in [1.807, 2.05) is 18.2 Å². The second-order valence-electron chi connectivity index (χ2n) is 6.93. The van der Waals surface area contributed by atoms with Gasteiger partial charge in [-0.3, -0.25) is 9.79 Å². The summed E-state index contributed by atoms with van der Waals surface area (Å²) < 4.78 is 27.7. The van der Waals surface area contributed by atoms with Gasteiger partial charge in [-0.25, -0.2) is 0 Å². The standard InChI is InChI=1S/C20H21N3O3S/c24-20(16-10-9-14-4-1-5-15(14)12-16)22-17-6-2-7-18(13-17)27(25,26)23-19-8-3-11-21-19/h2,6-7,9-10,12-13H,1,3-5,8,11H2,(H,21,23)(H,22,24)/p+1. The molecule has 6 nitrogen and oxygen atoms in total. The van der Waals surface area contributed by atoms with Gasteiger partial charge in [0.05, 0.1) is 13.0 Å². The highest BCUT2D eigenvalue weighted by molar-refractivity contribution is 7.90. The third-order valence-electron chi connectivity index (χ3n) is 4.96. The summed E-state index contributed by atoms with van der Waals surface area (Å²) in [5.41, 5.74) is 3.58. The fourth-order valence-corrected chi connectivity index (χ4v) is 4.71. The lowest BCUT2D eigenvalue weighted by Gasteiger charge is -2.09. The lowest BCUT2D eigenvalue weighted by molar-refractivity contribution is -0.448. The first-order valence-electron chi connectivity index (χ1n) is 9.17. The van der Waals surface area contributed by atoms with E-state index >= 15 is 0 Å². The van der Waals surface area contributed by atoms with Crippen LogP contribution in [0.1, 0.15) is 40.7 Å². The molecule has 7 heteroatoms. The van der Waals surface area contributed by atoms with E-state index in [2.05, 4.69) is 15.0 Å². The number of rotatable bonds is 4. The maximum atomic E-state index is 12.6. The fourth-order valence-electron chi connectivity index (χ4n) is 3.56. The molecule has 4 rings (SSSR count). The number of carbonyl (C=O) groups is 1. The van der Waals surface area contributed by atoms with E-state index in [0.29, 0.717) is 23.5 Å². The average molecular weight is 384 g/mol. The summed E-state index contributed by atoms with van der Waals surface area (Å²) in [6.07, 6.45) is 4.80. The summed E-state index contributed by atoms with van der Waals surface area (Å²) in [7, 11) is -3.68. The minimum absolute atomic E-state index is 0.121. The maximum absolute atomic E-state index is 12.6. The Labute approximate surface area is 158 Å². The van der Waals surface area contributed by atoms with Crippen LogP contribution in [0.5, 0.6) is 0 Å². The van der Waals surface area contributed by atoms with Gasteiger partial charge in [0.25, 0.3) is 11.7 Å². The molecule has 0 bridgehead atoms. The van der Waals surface area contributed by atoms with Crippen LogP contribution in [-0.4, -0.2) is 26.7 Å². The molecule has 1 aliphatic carbocycles. The molecule has 0 spiro atoms. The van der Waals surface area contributed by atoms with Crippen molar-refractivity contribution in [2.75, 3.05) is 11.9 Å². The van der Waals surface area contributed by atoms with Crippen molar-refractivity contribution in [2.45, 2.75) is 37.0 Å². The van der Waals surface area contributed by atoms with Gasteiger partial charge in [0.2, 0.25) is 0 Å². The van der Waals surface area contributed by atoms with Gasteiger partial charge in [-0.15, -0.1) is 0 Å². The molecule has 3 N–H and O–H groups in total. The lowest BCUT2D eigenvalue weighted by Crippen LogP contribution is -2.72. The Morgan fingerprint density at radius 1 is 0.963 bits per heavy atom. The quantitative estimate of drug-likeness (QED) is 0.734. The number of sulfonamides is 1. The molecule has 0 saturated carbocycles. The zero-order valence-electron chi connectivity index (χ0n) is 14.9. The van der Waals surface area contributed by atoms with E-state index in [1.54, 1.807) is 12.1 Å². The summed E-state index contributed by atoms with van der Waals surface area (Å²) in [6, 6.07) is 12.1. The van der Waals surface area contributed by atoms with Gasteiger partial charge < -0.3 is 5.32 Å². The number of amides is 1. The van der Waals surface area contributed by atoms with Gasteiger partial charge in [-0.2, -0.15) is 13.1 Å². The molecule has 1 aliphatic heterocycles. The Morgan fingerprint density at radius 2 is 1.81 bits per heavy atom. The number of hydrogen-bond acceptors (Lipinski definition) is 3. The summed E-state index contributed by atoms with van der Waals surface area (Å²) in [6.45, 7) is 0.773. The van der Waals surface area contributed by atoms with Crippen LogP contribution >= 0.6 is 0 Å². The van der Waals surface area contributed by atoms with Crippen LogP contribution in [0.25, 0.3) is 0 Å². The zero-order chi connectivity index (χ0) is 18.9. The van der Waals surface area contributed by atoms with Crippen LogP contribution in [-0.2, 0) is 22.9 Å². The first-order valence-corrected chi connectivity index (χ1v) is 10.7. The topological polar surface area (TPSA) is 89.2 Å². The van der Waals surface area contributed by atoms with Crippen molar-refractivity contribution in [3.05, 3.63) is 59.2 Å². The van der Waals surface area contributed by atoms with Crippen molar-refractivity contribution in [1.82, 2.24) is 4.72 Å². The normalized spacial score (nSPS) is 15.9. The maximum Gasteiger partial charge on any atom is 0.328 e. The van der Waals surface area contributed by atoms with Crippen LogP contribution in [0.15, 0.2) is 47.4 Å². The molecule has 0 radical (unpaired) electrons. The van der Waals surface area contributed by atoms with Gasteiger partial charge in [0.15, 0.2) is 0 Å². The van der Waals surface area contributed by atoms with Crippen molar-refractivity contribution in [3.63, 3.8) is 0 Å². The predicted molar refractivity (Wildman–Crippen MR) is 103 cm³/mol. The lowest BCUT2D eigenvalue weighted by atomic mass is 10.1. The minimum Gasteiger partial charge on any atom is -0.322 e. The second-order valence-corrected chi connectivity index (χ2v) is 8.62. The Bertz CT molecular complexity index is 1030. The van der Waals surface area contributed by atoms with Crippen LogP contribution in [0.4, 0.5) is 5.69 Å². The van der Waals surface area contributed by atoms with Crippen LogP contribution < -0.4 is 15.0 Å². The molecular formula is C20H22N3O3S+. The first kappa shape index (κ1) is 17.7. The number of nitrogens with one attached hydrogen (secondary N) is 3. The summed E-state index contributed by atoms with van der Waals surface area (Å²) >= 11 is 0. The molecule has 2 aliphatic rings. The van der Waals surface area contributed by atoms with Gasteiger partial charge in [0.1, 0.15) is 4.90 Å². The van der Waals surface area contributed by atoms with E-state index in [-0.39, 0.29) is 10.8 Å².